The first-order valence-corrected chi connectivity index (χ1v) is 31.2. The third-order valence-electron chi connectivity index (χ3n) is 14.5. The Morgan fingerprint density at radius 1 is 0.275 bits per heavy atom. The van der Waals surface area contributed by atoms with Crippen LogP contribution in [0.3, 0.4) is 0 Å². The van der Waals surface area contributed by atoms with E-state index in [1.54, 1.807) is 0 Å². The third-order valence-corrected chi connectivity index (χ3v) is 14.5. The van der Waals surface area contributed by atoms with Crippen LogP contribution in [0, 0.1) is 11.8 Å². The van der Waals surface area contributed by atoms with E-state index >= 15 is 0 Å². The fraction of sp³-hybridized carbons (Fsp3) is 0.952. The van der Waals surface area contributed by atoms with Crippen molar-refractivity contribution in [3.8, 4) is 0 Å². The first-order valence-electron chi connectivity index (χ1n) is 31.2. The molecule has 0 N–H and O–H groups in total. The highest BCUT2D eigenvalue weighted by Crippen LogP contribution is 2.19. The van der Waals surface area contributed by atoms with Gasteiger partial charge in [0, 0.05) is 19.3 Å². The predicted molar refractivity (Wildman–Crippen MR) is 298 cm³/mol. The van der Waals surface area contributed by atoms with E-state index < -0.39 is 6.10 Å². The number of carbonyl (C=O) groups excluding carboxylic acids is 3. The molecule has 0 saturated carbocycles. The molecule has 0 fully saturated rings. The second-order valence-electron chi connectivity index (χ2n) is 22.6. The molecule has 0 aliphatic rings. The first kappa shape index (κ1) is 67.4. The maximum Gasteiger partial charge on any atom is 0.306 e. The van der Waals surface area contributed by atoms with Gasteiger partial charge in [0.15, 0.2) is 6.10 Å². The Morgan fingerprint density at radius 2 is 0.478 bits per heavy atom. The van der Waals surface area contributed by atoms with Gasteiger partial charge in [-0.25, -0.2) is 0 Å². The molecule has 0 rings (SSSR count). The summed E-state index contributed by atoms with van der Waals surface area (Å²) in [5, 5.41) is 0. The number of carbonyl (C=O) groups is 3. The molecule has 410 valence electrons. The molecule has 0 aromatic heterocycles. The predicted octanol–water partition coefficient (Wildman–Crippen LogP) is 20.8. The molecule has 0 spiro atoms. The zero-order chi connectivity index (χ0) is 50.4. The minimum Gasteiger partial charge on any atom is -0.462 e. The standard InChI is InChI=1S/C63H122O6/c1-6-7-8-9-10-11-12-13-14-20-24-29-35-40-45-50-55-63(66)69-60(57-68-62(65)54-49-44-39-34-30-25-27-32-37-42-47-52-59(4)5)56-67-61(64)53-48-43-38-33-28-23-21-18-16-15-17-19-22-26-31-36-41-46-51-58(2)3/h58-60H,6-57H2,1-5H3/t60-/m0/s1. The molecule has 0 aromatic rings. The SMILES string of the molecule is CCCCCCCCCCCCCCCCCCC(=O)O[C@@H](COC(=O)CCCCCCCCCCCCCCCCCCCCC(C)C)COC(=O)CCCCCCCCCCCCCC(C)C. The number of ether oxygens (including phenoxy) is 3. The van der Waals surface area contributed by atoms with E-state index in [4.69, 9.17) is 14.2 Å². The smallest absolute Gasteiger partial charge is 0.306 e. The summed E-state index contributed by atoms with van der Waals surface area (Å²) >= 11 is 0. The highest BCUT2D eigenvalue weighted by Gasteiger charge is 2.19. The third kappa shape index (κ3) is 57.2. The molecule has 69 heavy (non-hydrogen) atoms. The van der Waals surface area contributed by atoms with Crippen molar-refractivity contribution in [2.75, 3.05) is 13.2 Å². The van der Waals surface area contributed by atoms with E-state index in [0.29, 0.717) is 19.3 Å². The lowest BCUT2D eigenvalue weighted by Gasteiger charge is -2.18. The van der Waals surface area contributed by atoms with Gasteiger partial charge in [-0.05, 0) is 31.1 Å². The second-order valence-corrected chi connectivity index (χ2v) is 22.6. The van der Waals surface area contributed by atoms with Crippen LogP contribution in [-0.4, -0.2) is 37.2 Å². The molecule has 0 heterocycles. The van der Waals surface area contributed by atoms with Crippen LogP contribution >= 0.6 is 0 Å². The maximum atomic E-state index is 12.9. The first-order chi connectivity index (χ1) is 33.7. The summed E-state index contributed by atoms with van der Waals surface area (Å²) in [6.07, 6.45) is 61.0. The van der Waals surface area contributed by atoms with Gasteiger partial charge in [0.05, 0.1) is 0 Å². The van der Waals surface area contributed by atoms with Gasteiger partial charge in [-0.3, -0.25) is 14.4 Å². The molecule has 6 heteroatoms. The molecule has 0 radical (unpaired) electrons. The average Bonchev–Trinajstić information content (AvgIpc) is 3.32. The topological polar surface area (TPSA) is 78.9 Å². The van der Waals surface area contributed by atoms with E-state index in [2.05, 4.69) is 34.6 Å². The molecule has 1 atom stereocenters. The quantitative estimate of drug-likeness (QED) is 0.0343. The lowest BCUT2D eigenvalue weighted by Crippen LogP contribution is -2.30. The Morgan fingerprint density at radius 3 is 0.710 bits per heavy atom. The molecular weight excluding hydrogens is 853 g/mol. The van der Waals surface area contributed by atoms with Gasteiger partial charge in [0.25, 0.3) is 0 Å². The van der Waals surface area contributed by atoms with Crippen LogP contribution in [0.1, 0.15) is 356 Å². The van der Waals surface area contributed by atoms with Crippen LogP contribution < -0.4 is 0 Å². The lowest BCUT2D eigenvalue weighted by molar-refractivity contribution is -0.167. The molecule has 0 aliphatic heterocycles. The normalized spacial score (nSPS) is 12.0. The van der Waals surface area contributed by atoms with Gasteiger partial charge in [-0.15, -0.1) is 0 Å². The lowest BCUT2D eigenvalue weighted by atomic mass is 10.0. The Bertz CT molecular complexity index is 1060. The molecule has 0 saturated heterocycles. The van der Waals surface area contributed by atoms with Crippen molar-refractivity contribution in [3.63, 3.8) is 0 Å². The number of unbranched alkanes of at least 4 members (excludes halogenated alkanes) is 42. The Labute approximate surface area is 431 Å². The Kier molecular flexibility index (Phi) is 54.4. The largest absolute Gasteiger partial charge is 0.462 e. The van der Waals surface area contributed by atoms with Crippen LogP contribution in [0.25, 0.3) is 0 Å². The van der Waals surface area contributed by atoms with E-state index in [1.165, 1.54) is 244 Å². The van der Waals surface area contributed by atoms with E-state index in [-0.39, 0.29) is 31.1 Å². The van der Waals surface area contributed by atoms with Gasteiger partial charge in [0.1, 0.15) is 13.2 Å². The Hall–Kier alpha value is -1.59. The van der Waals surface area contributed by atoms with Gasteiger partial charge in [-0.1, -0.05) is 317 Å². The van der Waals surface area contributed by atoms with Crippen LogP contribution in [0.2, 0.25) is 0 Å². The van der Waals surface area contributed by atoms with Crippen molar-refractivity contribution in [3.05, 3.63) is 0 Å². The van der Waals surface area contributed by atoms with Crippen molar-refractivity contribution in [2.24, 2.45) is 11.8 Å². The van der Waals surface area contributed by atoms with Crippen molar-refractivity contribution in [2.45, 2.75) is 362 Å². The number of hydrogen-bond donors (Lipinski definition) is 0. The number of rotatable bonds is 57. The molecule has 0 amide bonds. The molecule has 0 aliphatic carbocycles. The van der Waals surface area contributed by atoms with E-state index in [0.717, 1.165) is 69.6 Å². The fourth-order valence-electron chi connectivity index (χ4n) is 9.76. The van der Waals surface area contributed by atoms with Crippen LogP contribution in [0.4, 0.5) is 0 Å². The summed E-state index contributed by atoms with van der Waals surface area (Å²) in [5.41, 5.74) is 0. The van der Waals surface area contributed by atoms with Crippen molar-refractivity contribution in [1.82, 2.24) is 0 Å². The zero-order valence-corrected chi connectivity index (χ0v) is 47.5. The minimum absolute atomic E-state index is 0.0621. The molecule has 0 aromatic carbocycles. The monoisotopic (exact) mass is 975 g/mol. The highest BCUT2D eigenvalue weighted by molar-refractivity contribution is 5.71. The number of esters is 3. The highest BCUT2D eigenvalue weighted by atomic mass is 16.6. The summed E-state index contributed by atoms with van der Waals surface area (Å²) in [6, 6.07) is 0. The molecule has 0 bridgehead atoms. The summed E-state index contributed by atoms with van der Waals surface area (Å²) < 4.78 is 16.9. The fourth-order valence-corrected chi connectivity index (χ4v) is 9.76. The van der Waals surface area contributed by atoms with Gasteiger partial charge >= 0.3 is 17.9 Å². The summed E-state index contributed by atoms with van der Waals surface area (Å²) in [4.78, 5) is 38.2. The van der Waals surface area contributed by atoms with E-state index in [1.807, 2.05) is 0 Å². The maximum absolute atomic E-state index is 12.9. The van der Waals surface area contributed by atoms with E-state index in [9.17, 15) is 14.4 Å². The summed E-state index contributed by atoms with van der Waals surface area (Å²) in [5.74, 6) is 0.852. The van der Waals surface area contributed by atoms with Gasteiger partial charge in [-0.2, -0.15) is 0 Å². The number of hydrogen-bond acceptors (Lipinski definition) is 6. The van der Waals surface area contributed by atoms with Crippen molar-refractivity contribution >= 4 is 17.9 Å². The van der Waals surface area contributed by atoms with Crippen LogP contribution in [-0.2, 0) is 28.6 Å². The minimum atomic E-state index is -0.763. The summed E-state index contributed by atoms with van der Waals surface area (Å²) in [7, 11) is 0. The molecular formula is C63H122O6. The van der Waals surface area contributed by atoms with Crippen LogP contribution in [0.15, 0.2) is 0 Å². The van der Waals surface area contributed by atoms with Gasteiger partial charge in [0.2, 0.25) is 0 Å². The summed E-state index contributed by atoms with van der Waals surface area (Å²) in [6.45, 7) is 11.4. The van der Waals surface area contributed by atoms with Crippen molar-refractivity contribution in [1.29, 1.82) is 0 Å². The molecule has 6 nitrogen and oxygen atoms in total. The second kappa shape index (κ2) is 55.7. The average molecular weight is 976 g/mol. The van der Waals surface area contributed by atoms with Crippen molar-refractivity contribution < 1.29 is 28.6 Å². The van der Waals surface area contributed by atoms with Gasteiger partial charge < -0.3 is 14.2 Å². The van der Waals surface area contributed by atoms with Crippen LogP contribution in [0.5, 0.6) is 0 Å². The Balaban J connectivity index is 4.26. The molecule has 0 unspecified atom stereocenters. The zero-order valence-electron chi connectivity index (χ0n) is 47.5.